The molecule has 1 aliphatic rings. The number of allylic oxidation sites excluding steroid dienone is 1. The standard InChI is InChI=1S/C13H15NO.Ti/c15-13(11-7-3-1-4-8-11)14-12-9-5-2-6-10-12;/h1,3-5,7-9,12H,2,6,10H2,(H,14,15);/t12-;/m0./s1. The van der Waals surface area contributed by atoms with Gasteiger partial charge in [-0.05, 0) is 31.4 Å². The van der Waals surface area contributed by atoms with Crippen molar-refractivity contribution in [2.24, 2.45) is 4.99 Å². The van der Waals surface area contributed by atoms with Crippen molar-refractivity contribution in [3.63, 3.8) is 0 Å². The van der Waals surface area contributed by atoms with Gasteiger partial charge in [-0.1, -0.05) is 30.4 Å². The van der Waals surface area contributed by atoms with Crippen LogP contribution in [-0.2, 0) is 21.7 Å². The topological polar surface area (TPSA) is 32.6 Å². The Labute approximate surface area is 111 Å². The number of aliphatic hydroxyl groups is 1. The normalized spacial score (nSPS) is 20.2. The van der Waals surface area contributed by atoms with Gasteiger partial charge in [-0.25, -0.2) is 4.99 Å². The minimum Gasteiger partial charge on any atom is -0.493 e. The quantitative estimate of drug-likeness (QED) is 0.371. The van der Waals surface area contributed by atoms with E-state index in [2.05, 4.69) is 17.1 Å². The Hall–Kier alpha value is -0.856. The third-order valence-electron chi connectivity index (χ3n) is 2.55. The van der Waals surface area contributed by atoms with Crippen molar-refractivity contribution >= 4 is 5.90 Å². The molecule has 82 valence electrons. The number of nitrogens with zero attached hydrogens (tertiary/aromatic N) is 1. The van der Waals surface area contributed by atoms with E-state index in [1.54, 1.807) is 0 Å². The average molecular weight is 249 g/mol. The molecule has 0 bridgehead atoms. The van der Waals surface area contributed by atoms with Crippen LogP contribution >= 0.6 is 0 Å². The van der Waals surface area contributed by atoms with E-state index in [9.17, 15) is 5.11 Å². The average Bonchev–Trinajstić information content (AvgIpc) is 2.31. The fraction of sp³-hybridized carbons (Fsp3) is 0.308. The first-order valence-electron chi connectivity index (χ1n) is 5.35. The molecule has 16 heavy (non-hydrogen) atoms. The van der Waals surface area contributed by atoms with Crippen molar-refractivity contribution in [1.82, 2.24) is 0 Å². The van der Waals surface area contributed by atoms with Crippen molar-refractivity contribution in [2.75, 3.05) is 0 Å². The molecule has 1 aromatic carbocycles. The number of benzene rings is 1. The van der Waals surface area contributed by atoms with Gasteiger partial charge < -0.3 is 5.11 Å². The number of aliphatic hydroxyl groups excluding tert-OH is 1. The zero-order chi connectivity index (χ0) is 10.5. The van der Waals surface area contributed by atoms with Crippen LogP contribution < -0.4 is 0 Å². The van der Waals surface area contributed by atoms with Crippen LogP contribution in [0.3, 0.4) is 0 Å². The van der Waals surface area contributed by atoms with Gasteiger partial charge in [-0.15, -0.1) is 0 Å². The number of hydrogen-bond donors (Lipinski definition) is 1. The van der Waals surface area contributed by atoms with Gasteiger partial charge in [0.1, 0.15) is 0 Å². The third kappa shape index (κ3) is 3.62. The van der Waals surface area contributed by atoms with Gasteiger partial charge in [0.2, 0.25) is 5.90 Å². The van der Waals surface area contributed by atoms with E-state index in [4.69, 9.17) is 0 Å². The molecule has 0 radical (unpaired) electrons. The molecule has 0 saturated carbocycles. The van der Waals surface area contributed by atoms with Crippen molar-refractivity contribution < 1.29 is 26.8 Å². The summed E-state index contributed by atoms with van der Waals surface area (Å²) in [5.74, 6) is 0.146. The molecule has 1 aromatic rings. The van der Waals surface area contributed by atoms with Crippen LogP contribution in [0.2, 0.25) is 0 Å². The number of hydrogen-bond acceptors (Lipinski definition) is 1. The van der Waals surface area contributed by atoms with Crippen molar-refractivity contribution in [3.8, 4) is 0 Å². The maximum Gasteiger partial charge on any atom is 0.214 e. The first-order chi connectivity index (χ1) is 7.36. The van der Waals surface area contributed by atoms with Crippen LogP contribution in [0.25, 0.3) is 0 Å². The Balaban J connectivity index is 0.00000128. The second-order valence-corrected chi connectivity index (χ2v) is 3.75. The molecule has 2 rings (SSSR count). The molecule has 1 atom stereocenters. The number of rotatable bonds is 2. The van der Waals surface area contributed by atoms with Crippen LogP contribution in [0, 0.1) is 0 Å². The Morgan fingerprint density at radius 2 is 2.00 bits per heavy atom. The molecular weight excluding hydrogens is 234 g/mol. The van der Waals surface area contributed by atoms with E-state index in [-0.39, 0.29) is 33.7 Å². The maximum absolute atomic E-state index is 9.79. The summed E-state index contributed by atoms with van der Waals surface area (Å²) in [6.07, 6.45) is 7.54. The zero-order valence-electron chi connectivity index (χ0n) is 9.13. The fourth-order valence-electron chi connectivity index (χ4n) is 1.72. The Bertz CT molecular complexity index is 373. The molecular formula is C13H15NOTi. The first-order valence-corrected chi connectivity index (χ1v) is 5.35. The van der Waals surface area contributed by atoms with E-state index < -0.39 is 0 Å². The molecule has 0 fully saturated rings. The van der Waals surface area contributed by atoms with Gasteiger partial charge in [-0.3, -0.25) is 0 Å². The molecule has 1 aliphatic carbocycles. The molecule has 0 unspecified atom stereocenters. The van der Waals surface area contributed by atoms with Gasteiger partial charge in [0.25, 0.3) is 0 Å². The van der Waals surface area contributed by atoms with Crippen molar-refractivity contribution in [3.05, 3.63) is 48.0 Å². The Kier molecular flexibility index (Phi) is 5.51. The summed E-state index contributed by atoms with van der Waals surface area (Å²) in [6.45, 7) is 0. The van der Waals surface area contributed by atoms with Crippen LogP contribution in [0.4, 0.5) is 0 Å². The summed E-state index contributed by atoms with van der Waals surface area (Å²) >= 11 is 0. The van der Waals surface area contributed by atoms with E-state index in [0.29, 0.717) is 0 Å². The second-order valence-electron chi connectivity index (χ2n) is 3.75. The minimum atomic E-state index is 0. The van der Waals surface area contributed by atoms with Crippen molar-refractivity contribution in [1.29, 1.82) is 0 Å². The number of aliphatic imine (C=N–C) groups is 1. The van der Waals surface area contributed by atoms with Gasteiger partial charge in [0.05, 0.1) is 6.04 Å². The molecule has 0 heterocycles. The third-order valence-corrected chi connectivity index (χ3v) is 2.55. The van der Waals surface area contributed by atoms with Crippen LogP contribution in [0.1, 0.15) is 24.8 Å². The molecule has 1 N–H and O–H groups in total. The largest absolute Gasteiger partial charge is 0.493 e. The minimum absolute atomic E-state index is 0. The van der Waals surface area contributed by atoms with Crippen molar-refractivity contribution in [2.45, 2.75) is 25.3 Å². The summed E-state index contributed by atoms with van der Waals surface area (Å²) < 4.78 is 0. The Morgan fingerprint density at radius 3 is 2.62 bits per heavy atom. The Morgan fingerprint density at radius 1 is 1.25 bits per heavy atom. The molecule has 2 nitrogen and oxygen atoms in total. The summed E-state index contributed by atoms with van der Waals surface area (Å²) in [4.78, 5) is 4.29. The van der Waals surface area contributed by atoms with E-state index in [0.717, 1.165) is 24.8 Å². The summed E-state index contributed by atoms with van der Waals surface area (Å²) in [6, 6.07) is 9.61. The molecule has 0 aromatic heterocycles. The summed E-state index contributed by atoms with van der Waals surface area (Å²) in [5.41, 5.74) is 0.788. The molecule has 0 saturated heterocycles. The monoisotopic (exact) mass is 249 g/mol. The van der Waals surface area contributed by atoms with Gasteiger partial charge in [0, 0.05) is 27.3 Å². The summed E-state index contributed by atoms with van der Waals surface area (Å²) in [7, 11) is 0. The predicted molar refractivity (Wildman–Crippen MR) is 62.4 cm³/mol. The molecule has 0 spiro atoms. The zero-order valence-corrected chi connectivity index (χ0v) is 10.7. The van der Waals surface area contributed by atoms with Crippen LogP contribution in [0.5, 0.6) is 0 Å². The first kappa shape index (κ1) is 13.2. The van der Waals surface area contributed by atoms with Gasteiger partial charge >= 0.3 is 0 Å². The van der Waals surface area contributed by atoms with E-state index in [1.807, 2.05) is 30.3 Å². The smallest absolute Gasteiger partial charge is 0.214 e. The van der Waals surface area contributed by atoms with E-state index in [1.165, 1.54) is 0 Å². The predicted octanol–water partition coefficient (Wildman–Crippen LogP) is 3.10. The van der Waals surface area contributed by atoms with Crippen LogP contribution in [-0.4, -0.2) is 17.0 Å². The fourth-order valence-corrected chi connectivity index (χ4v) is 1.72. The molecule has 0 aliphatic heterocycles. The molecule has 3 heteroatoms. The maximum atomic E-state index is 9.79. The molecule has 0 amide bonds. The second kappa shape index (κ2) is 6.67. The van der Waals surface area contributed by atoms with Gasteiger partial charge in [0.15, 0.2) is 0 Å². The van der Waals surface area contributed by atoms with Gasteiger partial charge in [-0.2, -0.15) is 0 Å². The SMILES string of the molecule is OC(=N[C@H]1C=CCCC1)c1ccccc1.[Ti]. The summed E-state index contributed by atoms with van der Waals surface area (Å²) in [5, 5.41) is 9.79. The van der Waals surface area contributed by atoms with Crippen LogP contribution in [0.15, 0.2) is 47.5 Å². The van der Waals surface area contributed by atoms with E-state index >= 15 is 0 Å².